The number of methoxy groups -OCH3 is 4. The standard InChI is InChI=1S/C22H26N4O7S/c1-24(2)9-10-25(22-23-19-15(30-3)7-8-16(31-4)20(19)34-22)21(27)13-11-17(32-5)18(33-6)12-14(13)26(28)29/h7-8,11-12H,9-10H2,1-6H3. The summed E-state index contributed by atoms with van der Waals surface area (Å²) in [5.41, 5.74) is -0.000295. The van der Waals surface area contributed by atoms with Crippen molar-refractivity contribution in [3.8, 4) is 23.0 Å². The van der Waals surface area contributed by atoms with Gasteiger partial charge in [-0.2, -0.15) is 0 Å². The molecule has 11 nitrogen and oxygen atoms in total. The predicted octanol–water partition coefficient (Wildman–Crippen LogP) is 3.45. The van der Waals surface area contributed by atoms with Gasteiger partial charge in [0.2, 0.25) is 0 Å². The Morgan fingerprint density at radius 3 is 2.12 bits per heavy atom. The molecule has 0 saturated carbocycles. The van der Waals surface area contributed by atoms with Gasteiger partial charge in [0.15, 0.2) is 16.6 Å². The number of carbonyl (C=O) groups excluding carboxylic acids is 1. The SMILES string of the molecule is COc1cc(C(=O)N(CCN(C)C)c2nc3c(OC)ccc(OC)c3s2)c([N+](=O)[O-])cc1OC. The lowest BCUT2D eigenvalue weighted by atomic mass is 10.1. The number of benzene rings is 2. The van der Waals surface area contributed by atoms with Crippen LogP contribution in [0.3, 0.4) is 0 Å². The fourth-order valence-corrected chi connectivity index (χ4v) is 4.41. The van der Waals surface area contributed by atoms with Crippen molar-refractivity contribution >= 4 is 38.3 Å². The molecule has 0 saturated heterocycles. The molecule has 0 aliphatic carbocycles. The summed E-state index contributed by atoms with van der Waals surface area (Å²) in [7, 11) is 9.57. The lowest BCUT2D eigenvalue weighted by Crippen LogP contribution is -2.37. The summed E-state index contributed by atoms with van der Waals surface area (Å²) in [6.07, 6.45) is 0. The van der Waals surface area contributed by atoms with Crippen LogP contribution >= 0.6 is 11.3 Å². The smallest absolute Gasteiger partial charge is 0.286 e. The molecule has 0 radical (unpaired) electrons. The third-order valence-corrected chi connectivity index (χ3v) is 6.17. The number of fused-ring (bicyclic) bond motifs is 1. The molecule has 0 spiro atoms. The Morgan fingerprint density at radius 2 is 1.56 bits per heavy atom. The highest BCUT2D eigenvalue weighted by Gasteiger charge is 2.31. The highest BCUT2D eigenvalue weighted by atomic mass is 32.1. The fourth-order valence-electron chi connectivity index (χ4n) is 3.31. The molecule has 0 unspecified atom stereocenters. The van der Waals surface area contributed by atoms with Gasteiger partial charge in [-0.25, -0.2) is 4.98 Å². The van der Waals surface area contributed by atoms with E-state index in [4.69, 9.17) is 18.9 Å². The third kappa shape index (κ3) is 4.82. The van der Waals surface area contributed by atoms with E-state index in [1.165, 1.54) is 49.7 Å². The van der Waals surface area contributed by atoms with Crippen molar-refractivity contribution in [2.24, 2.45) is 0 Å². The maximum Gasteiger partial charge on any atom is 0.286 e. The summed E-state index contributed by atoms with van der Waals surface area (Å²) in [5.74, 6) is 0.871. The van der Waals surface area contributed by atoms with Gasteiger partial charge in [0.1, 0.15) is 27.3 Å². The van der Waals surface area contributed by atoms with Crippen LogP contribution in [0.15, 0.2) is 24.3 Å². The van der Waals surface area contributed by atoms with Gasteiger partial charge in [0.05, 0.1) is 39.4 Å². The summed E-state index contributed by atoms with van der Waals surface area (Å²) in [6.45, 7) is 0.735. The quantitative estimate of drug-likeness (QED) is 0.311. The Bertz CT molecular complexity index is 1170. The molecule has 1 amide bonds. The zero-order valence-corrected chi connectivity index (χ0v) is 20.6. The number of hydrogen-bond acceptors (Lipinski definition) is 10. The second-order valence-corrected chi connectivity index (χ2v) is 8.36. The molecule has 0 fully saturated rings. The van der Waals surface area contributed by atoms with E-state index in [9.17, 15) is 14.9 Å². The van der Waals surface area contributed by atoms with E-state index in [-0.39, 0.29) is 23.6 Å². The molecule has 2 aromatic carbocycles. The predicted molar refractivity (Wildman–Crippen MR) is 129 cm³/mol. The minimum atomic E-state index is -0.621. The number of ether oxygens (including phenoxy) is 4. The van der Waals surface area contributed by atoms with E-state index in [1.54, 1.807) is 19.2 Å². The molecule has 0 aliphatic heterocycles. The average Bonchev–Trinajstić information content (AvgIpc) is 3.27. The van der Waals surface area contributed by atoms with Crippen LogP contribution in [0.5, 0.6) is 23.0 Å². The van der Waals surface area contributed by atoms with Crippen LogP contribution in [-0.2, 0) is 0 Å². The van der Waals surface area contributed by atoms with Crippen molar-refractivity contribution < 1.29 is 28.7 Å². The topological polar surface area (TPSA) is 117 Å². The van der Waals surface area contributed by atoms with E-state index in [1.807, 2.05) is 19.0 Å². The first-order valence-corrected chi connectivity index (χ1v) is 11.0. The zero-order chi connectivity index (χ0) is 25.0. The van der Waals surface area contributed by atoms with Gasteiger partial charge in [-0.15, -0.1) is 0 Å². The van der Waals surface area contributed by atoms with Gasteiger partial charge in [-0.05, 0) is 26.2 Å². The Morgan fingerprint density at radius 1 is 0.971 bits per heavy atom. The number of carbonyl (C=O) groups is 1. The van der Waals surface area contributed by atoms with E-state index < -0.39 is 16.5 Å². The third-order valence-electron chi connectivity index (χ3n) is 5.07. The Kier molecular flexibility index (Phi) is 7.74. The Labute approximate surface area is 200 Å². The number of nitro benzene ring substituents is 1. The summed E-state index contributed by atoms with van der Waals surface area (Å²) in [4.78, 5) is 32.9. The number of aromatic nitrogens is 1. The lowest BCUT2D eigenvalue weighted by Gasteiger charge is -2.22. The highest BCUT2D eigenvalue weighted by Crippen LogP contribution is 2.41. The van der Waals surface area contributed by atoms with E-state index in [0.717, 1.165) is 0 Å². The summed E-state index contributed by atoms with van der Waals surface area (Å²) >= 11 is 1.24. The van der Waals surface area contributed by atoms with Gasteiger partial charge >= 0.3 is 0 Å². The van der Waals surface area contributed by atoms with Gasteiger partial charge < -0.3 is 23.8 Å². The maximum atomic E-state index is 13.7. The van der Waals surface area contributed by atoms with Gasteiger partial charge in [0, 0.05) is 19.2 Å². The molecule has 1 heterocycles. The van der Waals surface area contributed by atoms with Crippen molar-refractivity contribution in [3.63, 3.8) is 0 Å². The number of rotatable bonds is 10. The van der Waals surface area contributed by atoms with Crippen LogP contribution in [0.25, 0.3) is 10.2 Å². The molecule has 3 rings (SSSR count). The monoisotopic (exact) mass is 490 g/mol. The Balaban J connectivity index is 2.19. The minimum Gasteiger partial charge on any atom is -0.495 e. The number of anilines is 1. The van der Waals surface area contributed by atoms with E-state index >= 15 is 0 Å². The first-order valence-electron chi connectivity index (χ1n) is 10.1. The highest BCUT2D eigenvalue weighted by molar-refractivity contribution is 7.22. The first kappa shape index (κ1) is 25.0. The number of amides is 1. The Hall–Kier alpha value is -3.64. The van der Waals surface area contributed by atoms with Crippen LogP contribution in [0, 0.1) is 10.1 Å². The van der Waals surface area contributed by atoms with Crippen LogP contribution in [0.2, 0.25) is 0 Å². The molecule has 182 valence electrons. The molecule has 0 atom stereocenters. The molecule has 12 heteroatoms. The van der Waals surface area contributed by atoms with Gasteiger partial charge in [0.25, 0.3) is 11.6 Å². The molecule has 0 bridgehead atoms. The molecule has 0 aliphatic rings. The van der Waals surface area contributed by atoms with Crippen molar-refractivity contribution in [2.75, 3.05) is 60.5 Å². The lowest BCUT2D eigenvalue weighted by molar-refractivity contribution is -0.385. The van der Waals surface area contributed by atoms with E-state index in [2.05, 4.69) is 4.98 Å². The number of nitro groups is 1. The van der Waals surface area contributed by atoms with Crippen LogP contribution in [0.4, 0.5) is 10.8 Å². The van der Waals surface area contributed by atoms with Gasteiger partial charge in [-0.3, -0.25) is 19.8 Å². The van der Waals surface area contributed by atoms with E-state index in [0.29, 0.717) is 33.4 Å². The van der Waals surface area contributed by atoms with Crippen molar-refractivity contribution in [1.29, 1.82) is 0 Å². The molecular weight excluding hydrogens is 464 g/mol. The van der Waals surface area contributed by atoms with Crippen molar-refractivity contribution in [3.05, 3.63) is 39.9 Å². The average molecular weight is 491 g/mol. The number of nitrogens with zero attached hydrogens (tertiary/aromatic N) is 4. The van der Waals surface area contributed by atoms with Crippen LogP contribution in [-0.4, -0.2) is 76.3 Å². The number of hydrogen-bond donors (Lipinski definition) is 0. The maximum absolute atomic E-state index is 13.7. The number of likely N-dealkylation sites (N-methyl/N-ethyl adjacent to an activating group) is 1. The van der Waals surface area contributed by atoms with Crippen LogP contribution in [0.1, 0.15) is 10.4 Å². The summed E-state index contributed by atoms with van der Waals surface area (Å²) in [5, 5.41) is 12.2. The minimum absolute atomic E-state index is 0.139. The molecule has 3 aromatic rings. The summed E-state index contributed by atoms with van der Waals surface area (Å²) in [6, 6.07) is 5.99. The molecule has 34 heavy (non-hydrogen) atoms. The first-order chi connectivity index (χ1) is 16.2. The molecular formula is C22H26N4O7S. The fraction of sp³-hybridized carbons (Fsp3) is 0.364. The molecule has 1 aromatic heterocycles. The molecule has 0 N–H and O–H groups in total. The van der Waals surface area contributed by atoms with Crippen LogP contribution < -0.4 is 23.8 Å². The second kappa shape index (κ2) is 10.5. The van der Waals surface area contributed by atoms with Gasteiger partial charge in [-0.1, -0.05) is 11.3 Å². The van der Waals surface area contributed by atoms with Crippen molar-refractivity contribution in [1.82, 2.24) is 9.88 Å². The second-order valence-electron chi connectivity index (χ2n) is 7.39. The summed E-state index contributed by atoms with van der Waals surface area (Å²) < 4.78 is 22.0. The zero-order valence-electron chi connectivity index (χ0n) is 19.8. The normalized spacial score (nSPS) is 10.9. The number of thiazole rings is 1. The largest absolute Gasteiger partial charge is 0.495 e. The van der Waals surface area contributed by atoms with Crippen molar-refractivity contribution in [2.45, 2.75) is 0 Å².